The van der Waals surface area contributed by atoms with E-state index in [4.69, 9.17) is 11.6 Å². The molecule has 0 aliphatic heterocycles. The number of thioether (sulfide) groups is 1. The van der Waals surface area contributed by atoms with E-state index in [9.17, 15) is 14.9 Å². The predicted molar refractivity (Wildman–Crippen MR) is 130 cm³/mol. The minimum Gasteiger partial charge on any atom is -0.325 e. The van der Waals surface area contributed by atoms with Gasteiger partial charge in [0.2, 0.25) is 10.9 Å². The van der Waals surface area contributed by atoms with E-state index in [1.54, 1.807) is 0 Å². The molecule has 5 aromatic rings. The molecule has 1 atom stereocenters. The Morgan fingerprint density at radius 2 is 1.85 bits per heavy atom. The molecule has 2 aromatic heterocycles. The average Bonchev–Trinajstić information content (AvgIpc) is 3.38. The third-order valence-electron chi connectivity index (χ3n) is 4.89. The zero-order valence-electron chi connectivity index (χ0n) is 16.7. The van der Waals surface area contributed by atoms with Crippen LogP contribution < -0.4 is 5.32 Å². The van der Waals surface area contributed by atoms with Gasteiger partial charge in [-0.3, -0.25) is 19.3 Å². The number of nitro groups is 1. The summed E-state index contributed by atoms with van der Waals surface area (Å²) in [6.07, 6.45) is 0. The molecule has 0 fully saturated rings. The van der Waals surface area contributed by atoms with Gasteiger partial charge < -0.3 is 5.32 Å². The topological polar surface area (TPSA) is 102 Å². The molecule has 1 unspecified atom stereocenters. The van der Waals surface area contributed by atoms with E-state index in [-0.39, 0.29) is 22.3 Å². The van der Waals surface area contributed by atoms with Crippen LogP contribution in [-0.4, -0.2) is 25.4 Å². The minimum absolute atomic E-state index is 0.00201. The van der Waals surface area contributed by atoms with Crippen molar-refractivity contribution in [2.24, 2.45) is 0 Å². The molecule has 8 nitrogen and oxygen atoms in total. The molecule has 1 amide bonds. The Balaban J connectivity index is 1.51. The molecular formula is C22H14ClN5O3S2. The van der Waals surface area contributed by atoms with Gasteiger partial charge in [0.25, 0.3) is 5.69 Å². The summed E-state index contributed by atoms with van der Waals surface area (Å²) in [4.78, 5) is 24.7. The molecule has 0 aliphatic carbocycles. The third-order valence-corrected chi connectivity index (χ3v) is 7.41. The SMILES string of the molecule is O=C(Nc1ccc(Cl)c([N+](=O)[O-])c1)C(Sc1nnc2sc3ccccc3n12)c1ccccc1. The van der Waals surface area contributed by atoms with Gasteiger partial charge in [0, 0.05) is 11.8 Å². The number of hydrogen-bond donors (Lipinski definition) is 1. The van der Waals surface area contributed by atoms with Crippen molar-refractivity contribution < 1.29 is 9.72 Å². The van der Waals surface area contributed by atoms with Crippen LogP contribution in [0.3, 0.4) is 0 Å². The van der Waals surface area contributed by atoms with Crippen molar-refractivity contribution >= 4 is 67.2 Å². The summed E-state index contributed by atoms with van der Waals surface area (Å²) in [5.74, 6) is -0.348. The number of benzene rings is 3. The number of carbonyl (C=O) groups is 1. The van der Waals surface area contributed by atoms with Gasteiger partial charge in [-0.25, -0.2) is 0 Å². The Hall–Kier alpha value is -3.47. The molecule has 0 radical (unpaired) electrons. The number of para-hydroxylation sites is 1. The summed E-state index contributed by atoms with van der Waals surface area (Å²) < 4.78 is 3.00. The van der Waals surface area contributed by atoms with Crippen LogP contribution >= 0.6 is 34.7 Å². The fraction of sp³-hybridized carbons (Fsp3) is 0.0455. The highest BCUT2D eigenvalue weighted by molar-refractivity contribution is 8.00. The number of fused-ring (bicyclic) bond motifs is 3. The number of carbonyl (C=O) groups excluding carboxylic acids is 1. The highest BCUT2D eigenvalue weighted by Gasteiger charge is 2.26. The number of nitro benzene ring substituents is 1. The monoisotopic (exact) mass is 495 g/mol. The first-order chi connectivity index (χ1) is 16.0. The van der Waals surface area contributed by atoms with E-state index in [0.717, 1.165) is 20.7 Å². The number of nitrogens with zero attached hydrogens (tertiary/aromatic N) is 4. The third kappa shape index (κ3) is 4.15. The standard InChI is InChI=1S/C22H14ClN5O3S2/c23-15-11-10-14(12-17(15)28(30)31)24-20(29)19(13-6-2-1-3-7-13)33-22-26-25-21-27(22)16-8-4-5-9-18(16)32-21/h1-12,19H,(H,24,29). The van der Waals surface area contributed by atoms with Crippen molar-refractivity contribution in [3.05, 3.63) is 93.5 Å². The van der Waals surface area contributed by atoms with Gasteiger partial charge in [-0.1, -0.05) is 77.2 Å². The fourth-order valence-corrected chi connectivity index (χ4v) is 5.63. The van der Waals surface area contributed by atoms with E-state index in [2.05, 4.69) is 15.5 Å². The summed E-state index contributed by atoms with van der Waals surface area (Å²) in [6.45, 7) is 0. The first kappa shape index (κ1) is 21.4. The molecule has 5 rings (SSSR count). The van der Waals surface area contributed by atoms with Crippen LogP contribution in [0, 0.1) is 10.1 Å². The van der Waals surface area contributed by atoms with Gasteiger partial charge in [-0.15, -0.1) is 10.2 Å². The molecule has 2 heterocycles. The number of aromatic nitrogens is 3. The Morgan fingerprint density at radius 3 is 2.64 bits per heavy atom. The van der Waals surface area contributed by atoms with E-state index in [0.29, 0.717) is 5.16 Å². The molecular weight excluding hydrogens is 482 g/mol. The number of thiazole rings is 1. The Morgan fingerprint density at radius 1 is 1.09 bits per heavy atom. The lowest BCUT2D eigenvalue weighted by atomic mass is 10.1. The van der Waals surface area contributed by atoms with E-state index < -0.39 is 10.2 Å². The van der Waals surface area contributed by atoms with E-state index in [1.165, 1.54) is 41.3 Å². The fourth-order valence-electron chi connectivity index (χ4n) is 3.38. The maximum Gasteiger partial charge on any atom is 0.289 e. The molecule has 0 aliphatic rings. The molecule has 3 aromatic carbocycles. The Bertz CT molecular complexity index is 1500. The Labute approximate surface area is 200 Å². The van der Waals surface area contributed by atoms with E-state index in [1.807, 2.05) is 59.0 Å². The largest absolute Gasteiger partial charge is 0.325 e. The molecule has 164 valence electrons. The van der Waals surface area contributed by atoms with Gasteiger partial charge in [0.05, 0.1) is 15.1 Å². The predicted octanol–water partition coefficient (Wildman–Crippen LogP) is 5.98. The van der Waals surface area contributed by atoms with Crippen molar-refractivity contribution in [2.45, 2.75) is 10.4 Å². The summed E-state index contributed by atoms with van der Waals surface area (Å²) in [5, 5.41) is 22.5. The van der Waals surface area contributed by atoms with Crippen molar-refractivity contribution in [2.75, 3.05) is 5.32 Å². The zero-order chi connectivity index (χ0) is 22.9. The van der Waals surface area contributed by atoms with E-state index >= 15 is 0 Å². The van der Waals surface area contributed by atoms with Crippen molar-refractivity contribution in [1.82, 2.24) is 14.6 Å². The molecule has 0 saturated heterocycles. The van der Waals surface area contributed by atoms with Gasteiger partial charge in [-0.2, -0.15) is 0 Å². The normalized spacial score (nSPS) is 12.2. The second-order valence-corrected chi connectivity index (χ2v) is 9.48. The van der Waals surface area contributed by atoms with Gasteiger partial charge in [0.15, 0.2) is 5.16 Å². The number of halogens is 1. The molecule has 11 heteroatoms. The van der Waals surface area contributed by atoms with Crippen LogP contribution in [0.1, 0.15) is 10.8 Å². The van der Waals surface area contributed by atoms with Gasteiger partial charge in [0.1, 0.15) is 10.3 Å². The van der Waals surface area contributed by atoms with Crippen molar-refractivity contribution in [3.8, 4) is 0 Å². The summed E-state index contributed by atoms with van der Waals surface area (Å²) in [7, 11) is 0. The number of nitrogens with one attached hydrogen (secondary N) is 1. The van der Waals surface area contributed by atoms with Crippen LogP contribution in [-0.2, 0) is 4.79 Å². The molecule has 0 bridgehead atoms. The summed E-state index contributed by atoms with van der Waals surface area (Å²) >= 11 is 8.68. The summed E-state index contributed by atoms with van der Waals surface area (Å²) in [6, 6.07) is 21.3. The minimum atomic E-state index is -0.674. The van der Waals surface area contributed by atoms with Crippen LogP contribution in [0.4, 0.5) is 11.4 Å². The number of anilines is 1. The quantitative estimate of drug-likeness (QED) is 0.177. The Kier molecular flexibility index (Phi) is 5.71. The van der Waals surface area contributed by atoms with Gasteiger partial charge in [-0.05, 0) is 29.8 Å². The van der Waals surface area contributed by atoms with Crippen molar-refractivity contribution in [3.63, 3.8) is 0 Å². The zero-order valence-corrected chi connectivity index (χ0v) is 19.1. The number of rotatable bonds is 6. The second-order valence-electron chi connectivity index (χ2n) is 6.99. The lowest BCUT2D eigenvalue weighted by Crippen LogP contribution is -2.19. The van der Waals surface area contributed by atoms with Crippen LogP contribution in [0.25, 0.3) is 15.2 Å². The first-order valence-corrected chi connectivity index (χ1v) is 11.8. The first-order valence-electron chi connectivity index (χ1n) is 9.70. The van der Waals surface area contributed by atoms with Crippen LogP contribution in [0.2, 0.25) is 5.02 Å². The van der Waals surface area contributed by atoms with Crippen LogP contribution in [0.5, 0.6) is 0 Å². The molecule has 33 heavy (non-hydrogen) atoms. The molecule has 1 N–H and O–H groups in total. The van der Waals surface area contributed by atoms with Crippen LogP contribution in [0.15, 0.2) is 78.0 Å². The maximum atomic E-state index is 13.4. The average molecular weight is 496 g/mol. The highest BCUT2D eigenvalue weighted by Crippen LogP contribution is 2.38. The highest BCUT2D eigenvalue weighted by atomic mass is 35.5. The second kappa shape index (κ2) is 8.81. The summed E-state index contributed by atoms with van der Waals surface area (Å²) in [5.41, 5.74) is 1.73. The number of amides is 1. The lowest BCUT2D eigenvalue weighted by molar-refractivity contribution is -0.384. The van der Waals surface area contributed by atoms with Crippen molar-refractivity contribution in [1.29, 1.82) is 0 Å². The number of hydrogen-bond acceptors (Lipinski definition) is 7. The smallest absolute Gasteiger partial charge is 0.289 e. The molecule has 0 saturated carbocycles. The molecule has 0 spiro atoms. The lowest BCUT2D eigenvalue weighted by Gasteiger charge is -2.16. The van der Waals surface area contributed by atoms with Gasteiger partial charge >= 0.3 is 0 Å². The maximum absolute atomic E-state index is 13.4.